The third-order valence-corrected chi connectivity index (χ3v) is 3.22. The Morgan fingerprint density at radius 3 is 1.83 bits per heavy atom. The number of alkyl halides is 1. The highest BCUT2D eigenvalue weighted by molar-refractivity contribution is 9.09. The Hall–Kier alpha value is -1.56. The molecule has 0 aromatic heterocycles. The topological polar surface area (TPSA) is 64.6 Å². The summed E-state index contributed by atoms with van der Waals surface area (Å²) in [6.07, 6.45) is -0.204. The van der Waals surface area contributed by atoms with Crippen molar-refractivity contribution in [2.24, 2.45) is 0 Å². The first-order valence-corrected chi connectivity index (χ1v) is 8.92. The molecule has 0 aliphatic carbocycles. The summed E-state index contributed by atoms with van der Waals surface area (Å²) in [6, 6.07) is 5.34. The minimum atomic E-state index is -0.439. The number of carbonyl (C=O) groups excluding carboxylic acids is 2. The Labute approximate surface area is 152 Å². The van der Waals surface area contributed by atoms with Gasteiger partial charge < -0.3 is 14.8 Å². The van der Waals surface area contributed by atoms with Gasteiger partial charge in [0, 0.05) is 0 Å². The van der Waals surface area contributed by atoms with Crippen LogP contribution in [0.25, 0.3) is 0 Å². The zero-order valence-corrected chi connectivity index (χ0v) is 16.7. The van der Waals surface area contributed by atoms with E-state index in [-0.39, 0.29) is 17.5 Å². The lowest BCUT2D eigenvalue weighted by molar-refractivity contribution is -0.123. The summed E-state index contributed by atoms with van der Waals surface area (Å²) in [6.45, 7) is 11.5. The summed E-state index contributed by atoms with van der Waals surface area (Å²) in [5, 5.41) is 2.90. The highest BCUT2D eigenvalue weighted by Gasteiger charge is 2.22. The molecule has 1 aromatic carbocycles. The lowest BCUT2D eigenvalue weighted by Gasteiger charge is -2.27. The lowest BCUT2D eigenvalue weighted by Crippen LogP contribution is -2.27. The predicted molar refractivity (Wildman–Crippen MR) is 99.3 cm³/mol. The second-order valence-electron chi connectivity index (χ2n) is 7.46. The molecule has 0 unspecified atom stereocenters. The third-order valence-electron chi connectivity index (χ3n) is 2.59. The van der Waals surface area contributed by atoms with E-state index in [4.69, 9.17) is 9.47 Å². The highest BCUT2D eigenvalue weighted by atomic mass is 79.9. The Morgan fingerprint density at radius 1 is 1.00 bits per heavy atom. The highest BCUT2D eigenvalue weighted by Crippen LogP contribution is 2.38. The molecule has 0 saturated heterocycles. The van der Waals surface area contributed by atoms with Crippen LogP contribution in [-0.4, -0.2) is 28.2 Å². The Bertz CT molecular complexity index is 566. The number of anilines is 1. The molecule has 0 spiro atoms. The summed E-state index contributed by atoms with van der Waals surface area (Å²) in [7, 11) is 0. The molecule has 0 saturated carbocycles. The number of Topliss-reactive ketones (excluding diaryl/α,β-unsaturated/α-hetero) is 1. The molecule has 1 aromatic rings. The van der Waals surface area contributed by atoms with Crippen LogP contribution < -0.4 is 14.8 Å². The number of benzene rings is 1. The van der Waals surface area contributed by atoms with Gasteiger partial charge in [0.1, 0.15) is 28.4 Å². The van der Waals surface area contributed by atoms with E-state index in [0.29, 0.717) is 17.2 Å². The van der Waals surface area contributed by atoms with Gasteiger partial charge in [-0.05, 0) is 53.7 Å². The van der Waals surface area contributed by atoms with Gasteiger partial charge >= 0.3 is 0 Å². The fourth-order valence-electron chi connectivity index (χ4n) is 1.87. The molecule has 0 aliphatic heterocycles. The fraction of sp³-hybridized carbons (Fsp3) is 0.556. The van der Waals surface area contributed by atoms with Gasteiger partial charge in [-0.1, -0.05) is 22.0 Å². The van der Waals surface area contributed by atoms with Gasteiger partial charge in [0.25, 0.3) is 0 Å². The molecule has 5 nitrogen and oxygen atoms in total. The normalized spacial score (nSPS) is 11.8. The summed E-state index contributed by atoms with van der Waals surface area (Å²) in [5.74, 6) is 0.413. The number of nitrogens with one attached hydrogen (secondary N) is 1. The molecule has 0 heterocycles. The SMILES string of the molecule is CC(C)(C)Oc1cccc(OC(C)(C)C)c1NC(=O)CC(=O)CBr. The summed E-state index contributed by atoms with van der Waals surface area (Å²) < 4.78 is 11.9. The first-order chi connectivity index (χ1) is 10.9. The second kappa shape index (κ2) is 8.01. The van der Waals surface area contributed by atoms with Gasteiger partial charge in [0.15, 0.2) is 5.78 Å². The van der Waals surface area contributed by atoms with Gasteiger partial charge in [0.05, 0.1) is 11.8 Å². The molecule has 0 fully saturated rings. The summed E-state index contributed by atoms with van der Waals surface area (Å²) in [4.78, 5) is 23.6. The molecule has 134 valence electrons. The number of hydrogen-bond donors (Lipinski definition) is 1. The van der Waals surface area contributed by atoms with Crippen molar-refractivity contribution in [1.29, 1.82) is 0 Å². The van der Waals surface area contributed by atoms with Crippen molar-refractivity contribution < 1.29 is 19.1 Å². The number of hydrogen-bond acceptors (Lipinski definition) is 4. The average molecular weight is 400 g/mol. The first-order valence-electron chi connectivity index (χ1n) is 7.80. The molecule has 1 amide bonds. The molecule has 0 bridgehead atoms. The zero-order valence-electron chi connectivity index (χ0n) is 15.2. The third kappa shape index (κ3) is 7.34. The molecule has 1 N–H and O–H groups in total. The number of rotatable bonds is 6. The van der Waals surface area contributed by atoms with Crippen molar-refractivity contribution >= 4 is 33.3 Å². The van der Waals surface area contributed by atoms with Crippen LogP contribution in [0.2, 0.25) is 0 Å². The maximum absolute atomic E-state index is 12.2. The van der Waals surface area contributed by atoms with Crippen LogP contribution in [0.15, 0.2) is 18.2 Å². The molecule has 0 aliphatic rings. The van der Waals surface area contributed by atoms with E-state index in [1.807, 2.05) is 41.5 Å². The first kappa shape index (κ1) is 20.5. The Kier molecular flexibility index (Phi) is 6.84. The van der Waals surface area contributed by atoms with Crippen molar-refractivity contribution in [2.45, 2.75) is 59.2 Å². The number of ketones is 1. The minimum Gasteiger partial charge on any atom is -0.486 e. The van der Waals surface area contributed by atoms with E-state index in [1.165, 1.54) is 0 Å². The van der Waals surface area contributed by atoms with E-state index in [9.17, 15) is 9.59 Å². The number of halogens is 1. The number of ether oxygens (including phenoxy) is 2. The molecule has 0 atom stereocenters. The second-order valence-corrected chi connectivity index (χ2v) is 8.02. The van der Waals surface area contributed by atoms with Crippen molar-refractivity contribution in [1.82, 2.24) is 0 Å². The van der Waals surface area contributed by atoms with Gasteiger partial charge in [-0.25, -0.2) is 0 Å². The van der Waals surface area contributed by atoms with Crippen LogP contribution in [0.5, 0.6) is 11.5 Å². The monoisotopic (exact) mass is 399 g/mol. The van der Waals surface area contributed by atoms with Crippen LogP contribution in [0.4, 0.5) is 5.69 Å². The van der Waals surface area contributed by atoms with Gasteiger partial charge in [-0.3, -0.25) is 9.59 Å². The minimum absolute atomic E-state index is 0.145. The van der Waals surface area contributed by atoms with Crippen LogP contribution in [-0.2, 0) is 9.59 Å². The van der Waals surface area contributed by atoms with Crippen LogP contribution >= 0.6 is 15.9 Å². The van der Waals surface area contributed by atoms with Gasteiger partial charge in [-0.15, -0.1) is 0 Å². The standard InChI is InChI=1S/C18H26BrNO4/c1-17(2,3)23-13-8-7-9-14(24-18(4,5)6)16(13)20-15(22)10-12(21)11-19/h7-9H,10-11H2,1-6H3,(H,20,22). The van der Waals surface area contributed by atoms with Crippen molar-refractivity contribution in [2.75, 3.05) is 10.6 Å². The van der Waals surface area contributed by atoms with E-state index in [1.54, 1.807) is 18.2 Å². The van der Waals surface area contributed by atoms with Crippen LogP contribution in [0.1, 0.15) is 48.0 Å². The van der Waals surface area contributed by atoms with Crippen molar-refractivity contribution in [3.63, 3.8) is 0 Å². The molecule has 1 rings (SSSR count). The maximum Gasteiger partial charge on any atom is 0.232 e. The Morgan fingerprint density at radius 2 is 1.46 bits per heavy atom. The van der Waals surface area contributed by atoms with E-state index in [0.717, 1.165) is 0 Å². The van der Waals surface area contributed by atoms with Gasteiger partial charge in [0.2, 0.25) is 5.91 Å². The smallest absolute Gasteiger partial charge is 0.232 e. The summed E-state index contributed by atoms with van der Waals surface area (Å²) in [5.41, 5.74) is -0.438. The molecular weight excluding hydrogens is 374 g/mol. The van der Waals surface area contributed by atoms with E-state index < -0.39 is 17.1 Å². The van der Waals surface area contributed by atoms with Crippen LogP contribution in [0, 0.1) is 0 Å². The number of para-hydroxylation sites is 1. The summed E-state index contributed by atoms with van der Waals surface area (Å²) >= 11 is 3.06. The largest absolute Gasteiger partial charge is 0.486 e. The lowest BCUT2D eigenvalue weighted by atomic mass is 10.1. The van der Waals surface area contributed by atoms with Gasteiger partial charge in [-0.2, -0.15) is 0 Å². The number of carbonyl (C=O) groups is 2. The van der Waals surface area contributed by atoms with Crippen molar-refractivity contribution in [3.8, 4) is 11.5 Å². The van der Waals surface area contributed by atoms with Crippen molar-refractivity contribution in [3.05, 3.63) is 18.2 Å². The maximum atomic E-state index is 12.2. The Balaban J connectivity index is 3.18. The average Bonchev–Trinajstić information content (AvgIpc) is 2.38. The molecule has 6 heteroatoms. The number of amides is 1. The fourth-order valence-corrected chi connectivity index (χ4v) is 2.07. The predicted octanol–water partition coefficient (Wildman–Crippen LogP) is 4.33. The van der Waals surface area contributed by atoms with E-state index in [2.05, 4.69) is 21.2 Å². The quantitative estimate of drug-likeness (QED) is 0.570. The zero-order chi connectivity index (χ0) is 18.5. The molecule has 0 radical (unpaired) electrons. The molecular formula is C18H26BrNO4. The van der Waals surface area contributed by atoms with E-state index >= 15 is 0 Å². The van der Waals surface area contributed by atoms with Crippen LogP contribution in [0.3, 0.4) is 0 Å². The molecule has 24 heavy (non-hydrogen) atoms.